The lowest BCUT2D eigenvalue weighted by Gasteiger charge is -2.28. The fourth-order valence-corrected chi connectivity index (χ4v) is 2.64. The quantitative estimate of drug-likeness (QED) is 0.796. The summed E-state index contributed by atoms with van der Waals surface area (Å²) in [6.45, 7) is 5.41. The van der Waals surface area contributed by atoms with Gasteiger partial charge in [0.05, 0.1) is 19.4 Å². The molecule has 0 radical (unpaired) electrons. The lowest BCUT2D eigenvalue weighted by Crippen LogP contribution is -2.37. The molecule has 2 aliphatic rings. The van der Waals surface area contributed by atoms with Crippen LogP contribution < -0.4 is 9.80 Å². The lowest BCUT2D eigenvalue weighted by atomic mass is 10.2. The molecule has 0 saturated carbocycles. The Morgan fingerprint density at radius 1 is 0.895 bits per heavy atom. The van der Waals surface area contributed by atoms with Gasteiger partial charge in [-0.25, -0.2) is 0 Å². The van der Waals surface area contributed by atoms with E-state index in [0.29, 0.717) is 0 Å². The van der Waals surface area contributed by atoms with Gasteiger partial charge in [-0.3, -0.25) is 0 Å². The van der Waals surface area contributed by atoms with Gasteiger partial charge in [0.15, 0.2) is 5.82 Å². The lowest BCUT2D eigenvalue weighted by molar-refractivity contribution is 0.122. The largest absolute Gasteiger partial charge is 0.378 e. The molecular weight excluding hydrogens is 242 g/mol. The van der Waals surface area contributed by atoms with Crippen LogP contribution in [0, 0.1) is 0 Å². The van der Waals surface area contributed by atoms with E-state index < -0.39 is 0 Å². The summed E-state index contributed by atoms with van der Waals surface area (Å²) in [5, 5.41) is 8.34. The molecule has 2 aliphatic heterocycles. The minimum absolute atomic E-state index is 0.767. The predicted octanol–water partition coefficient (Wildman–Crippen LogP) is 1.09. The topological polar surface area (TPSA) is 54.4 Å². The molecule has 0 spiro atoms. The standard InChI is InChI=1S/C13H21N5O/c1-2-4-6-18(5-3-1)13-15-12(11-14-16-13)17-7-9-19-10-8-17/h11H,1-10H2. The SMILES string of the molecule is c1nnc(N2CCCCCC2)nc1N1CCOCC1. The zero-order valence-electron chi connectivity index (χ0n) is 11.3. The molecule has 0 amide bonds. The van der Waals surface area contributed by atoms with Gasteiger partial charge in [0.2, 0.25) is 5.95 Å². The fourth-order valence-electron chi connectivity index (χ4n) is 2.64. The highest BCUT2D eigenvalue weighted by Gasteiger charge is 2.17. The Labute approximate surface area is 113 Å². The maximum absolute atomic E-state index is 5.37. The molecule has 2 saturated heterocycles. The number of nitrogens with zero attached hydrogens (tertiary/aromatic N) is 5. The van der Waals surface area contributed by atoms with Crippen molar-refractivity contribution in [3.05, 3.63) is 6.20 Å². The molecule has 104 valence electrons. The summed E-state index contributed by atoms with van der Waals surface area (Å²) < 4.78 is 5.37. The molecule has 0 unspecified atom stereocenters. The van der Waals surface area contributed by atoms with Crippen molar-refractivity contribution in [2.45, 2.75) is 25.7 Å². The molecule has 1 aromatic heterocycles. The van der Waals surface area contributed by atoms with Crippen LogP contribution in [0.15, 0.2) is 6.20 Å². The van der Waals surface area contributed by atoms with Crippen LogP contribution in [0.3, 0.4) is 0 Å². The minimum Gasteiger partial charge on any atom is -0.378 e. The summed E-state index contributed by atoms with van der Waals surface area (Å²) in [4.78, 5) is 9.17. The zero-order valence-corrected chi connectivity index (χ0v) is 11.3. The Morgan fingerprint density at radius 2 is 1.63 bits per heavy atom. The molecule has 6 nitrogen and oxygen atoms in total. The number of hydrogen-bond acceptors (Lipinski definition) is 6. The van der Waals surface area contributed by atoms with Crippen LogP contribution >= 0.6 is 0 Å². The molecule has 3 heterocycles. The summed E-state index contributed by atoms with van der Waals surface area (Å²) >= 11 is 0. The molecule has 0 bridgehead atoms. The van der Waals surface area contributed by atoms with E-state index in [2.05, 4.69) is 25.0 Å². The van der Waals surface area contributed by atoms with Gasteiger partial charge in [0.1, 0.15) is 0 Å². The zero-order chi connectivity index (χ0) is 12.9. The van der Waals surface area contributed by atoms with E-state index in [4.69, 9.17) is 4.74 Å². The van der Waals surface area contributed by atoms with Gasteiger partial charge in [-0.15, -0.1) is 5.10 Å². The first-order chi connectivity index (χ1) is 9.43. The van der Waals surface area contributed by atoms with Crippen LogP contribution in [-0.2, 0) is 4.74 Å². The summed E-state index contributed by atoms with van der Waals surface area (Å²) in [6.07, 6.45) is 6.84. The van der Waals surface area contributed by atoms with Crippen LogP contribution in [0.5, 0.6) is 0 Å². The van der Waals surface area contributed by atoms with Crippen LogP contribution in [-0.4, -0.2) is 54.6 Å². The van der Waals surface area contributed by atoms with E-state index in [1.54, 1.807) is 6.20 Å². The first-order valence-corrected chi connectivity index (χ1v) is 7.21. The van der Waals surface area contributed by atoms with Crippen molar-refractivity contribution < 1.29 is 4.74 Å². The highest BCUT2D eigenvalue weighted by Crippen LogP contribution is 2.18. The van der Waals surface area contributed by atoms with Crippen LogP contribution in [0.2, 0.25) is 0 Å². The molecule has 1 aromatic rings. The number of rotatable bonds is 2. The van der Waals surface area contributed by atoms with Crippen LogP contribution in [0.25, 0.3) is 0 Å². The van der Waals surface area contributed by atoms with Crippen LogP contribution in [0.4, 0.5) is 11.8 Å². The number of ether oxygens (including phenoxy) is 1. The predicted molar refractivity (Wildman–Crippen MR) is 73.5 cm³/mol. The van der Waals surface area contributed by atoms with E-state index in [1.165, 1.54) is 25.7 Å². The highest BCUT2D eigenvalue weighted by molar-refractivity contribution is 5.41. The third kappa shape index (κ3) is 3.12. The average Bonchev–Trinajstić information content (AvgIpc) is 2.77. The second kappa shape index (κ2) is 6.14. The number of anilines is 2. The molecule has 0 N–H and O–H groups in total. The minimum atomic E-state index is 0.767. The molecule has 0 atom stereocenters. The van der Waals surface area contributed by atoms with Crippen molar-refractivity contribution in [3.63, 3.8) is 0 Å². The third-order valence-electron chi connectivity index (χ3n) is 3.76. The van der Waals surface area contributed by atoms with Gasteiger partial charge in [-0.05, 0) is 12.8 Å². The molecule has 0 aromatic carbocycles. The second-order valence-electron chi connectivity index (χ2n) is 5.12. The highest BCUT2D eigenvalue weighted by atomic mass is 16.5. The smallest absolute Gasteiger partial charge is 0.247 e. The Balaban J connectivity index is 1.74. The Bertz CT molecular complexity index is 400. The monoisotopic (exact) mass is 263 g/mol. The summed E-state index contributed by atoms with van der Waals surface area (Å²) in [6, 6.07) is 0. The number of morpholine rings is 1. The molecule has 6 heteroatoms. The Kier molecular flexibility index (Phi) is 4.07. The fraction of sp³-hybridized carbons (Fsp3) is 0.769. The van der Waals surface area contributed by atoms with Gasteiger partial charge in [-0.2, -0.15) is 10.1 Å². The van der Waals surface area contributed by atoms with Gasteiger partial charge >= 0.3 is 0 Å². The van der Waals surface area contributed by atoms with Gasteiger partial charge in [0, 0.05) is 26.2 Å². The van der Waals surface area contributed by atoms with E-state index in [9.17, 15) is 0 Å². The van der Waals surface area contributed by atoms with Gasteiger partial charge in [0.25, 0.3) is 0 Å². The van der Waals surface area contributed by atoms with Gasteiger partial charge < -0.3 is 14.5 Å². The first-order valence-electron chi connectivity index (χ1n) is 7.21. The molecular formula is C13H21N5O. The summed E-state index contributed by atoms with van der Waals surface area (Å²) in [5.41, 5.74) is 0. The van der Waals surface area contributed by atoms with Crippen molar-refractivity contribution in [1.82, 2.24) is 15.2 Å². The van der Waals surface area contributed by atoms with Crippen molar-refractivity contribution in [2.24, 2.45) is 0 Å². The maximum atomic E-state index is 5.37. The number of aromatic nitrogens is 3. The first kappa shape index (κ1) is 12.6. The van der Waals surface area contributed by atoms with Gasteiger partial charge in [-0.1, -0.05) is 12.8 Å². The van der Waals surface area contributed by atoms with E-state index in [0.717, 1.165) is 51.2 Å². The average molecular weight is 263 g/mol. The second-order valence-corrected chi connectivity index (χ2v) is 5.12. The van der Waals surface area contributed by atoms with Crippen LogP contribution in [0.1, 0.15) is 25.7 Å². The normalized spacial score (nSPS) is 21.3. The maximum Gasteiger partial charge on any atom is 0.247 e. The summed E-state index contributed by atoms with van der Waals surface area (Å²) in [5.74, 6) is 1.71. The Morgan fingerprint density at radius 3 is 2.37 bits per heavy atom. The number of hydrogen-bond donors (Lipinski definition) is 0. The van der Waals surface area contributed by atoms with Crippen molar-refractivity contribution in [3.8, 4) is 0 Å². The van der Waals surface area contributed by atoms with E-state index in [1.807, 2.05) is 0 Å². The summed E-state index contributed by atoms with van der Waals surface area (Å²) in [7, 11) is 0. The van der Waals surface area contributed by atoms with Crippen molar-refractivity contribution in [2.75, 3.05) is 49.2 Å². The van der Waals surface area contributed by atoms with E-state index in [-0.39, 0.29) is 0 Å². The van der Waals surface area contributed by atoms with Crippen molar-refractivity contribution in [1.29, 1.82) is 0 Å². The molecule has 0 aliphatic carbocycles. The molecule has 3 rings (SSSR count). The van der Waals surface area contributed by atoms with E-state index >= 15 is 0 Å². The molecule has 19 heavy (non-hydrogen) atoms. The molecule has 2 fully saturated rings. The third-order valence-corrected chi connectivity index (χ3v) is 3.76. The Hall–Kier alpha value is -1.43. The van der Waals surface area contributed by atoms with Crippen molar-refractivity contribution >= 4 is 11.8 Å².